The van der Waals surface area contributed by atoms with Gasteiger partial charge in [0.2, 0.25) is 5.91 Å². The molecule has 0 aliphatic carbocycles. The van der Waals surface area contributed by atoms with Crippen LogP contribution in [0.3, 0.4) is 0 Å². The van der Waals surface area contributed by atoms with Crippen LogP contribution in [0.4, 0.5) is 0 Å². The second kappa shape index (κ2) is 10.3. The van der Waals surface area contributed by atoms with Crippen LogP contribution < -0.4 is 10.9 Å². The molecular formula is C24H31N5O2S. The van der Waals surface area contributed by atoms with Gasteiger partial charge in [-0.25, -0.2) is 9.67 Å². The van der Waals surface area contributed by atoms with Crippen molar-refractivity contribution in [3.05, 3.63) is 46.4 Å². The molecule has 170 valence electrons. The van der Waals surface area contributed by atoms with Gasteiger partial charge in [0.15, 0.2) is 10.8 Å². The predicted molar refractivity (Wildman–Crippen MR) is 129 cm³/mol. The Hall–Kier alpha value is -2.61. The highest BCUT2D eigenvalue weighted by Gasteiger charge is 2.29. The lowest BCUT2D eigenvalue weighted by Gasteiger charge is -2.13. The van der Waals surface area contributed by atoms with Crippen molar-refractivity contribution >= 4 is 28.7 Å². The summed E-state index contributed by atoms with van der Waals surface area (Å²) >= 11 is 1.53. The number of benzene rings is 1. The van der Waals surface area contributed by atoms with Gasteiger partial charge in [-0.2, -0.15) is 5.10 Å². The first-order valence-electron chi connectivity index (χ1n) is 11.5. The molecule has 2 aromatic heterocycles. The number of aromatic nitrogens is 4. The van der Waals surface area contributed by atoms with Crippen LogP contribution in [0.2, 0.25) is 0 Å². The number of nitrogens with one attached hydrogen (secondary N) is 1. The van der Waals surface area contributed by atoms with Gasteiger partial charge in [-0.05, 0) is 25.5 Å². The molecule has 1 aliphatic rings. The number of carbonyl (C=O) groups excluding carboxylic acids is 1. The number of amides is 1. The zero-order chi connectivity index (χ0) is 22.5. The van der Waals surface area contributed by atoms with Crippen molar-refractivity contribution in [1.82, 2.24) is 24.6 Å². The van der Waals surface area contributed by atoms with Crippen LogP contribution in [0.15, 0.2) is 40.4 Å². The minimum Gasteiger partial charge on any atom is -0.356 e. The second-order valence-electron chi connectivity index (χ2n) is 8.49. The van der Waals surface area contributed by atoms with Gasteiger partial charge in [0.1, 0.15) is 5.39 Å². The monoisotopic (exact) mass is 453 g/mol. The first-order chi connectivity index (χ1) is 15.6. The quantitative estimate of drug-likeness (QED) is 0.363. The zero-order valence-electron chi connectivity index (χ0n) is 18.8. The first-order valence-corrected chi connectivity index (χ1v) is 12.5. The summed E-state index contributed by atoms with van der Waals surface area (Å²) in [5, 5.41) is 8.57. The molecule has 7 nitrogen and oxygen atoms in total. The van der Waals surface area contributed by atoms with E-state index in [9.17, 15) is 9.59 Å². The highest BCUT2D eigenvalue weighted by Crippen LogP contribution is 2.33. The second-order valence-corrected chi connectivity index (χ2v) is 9.47. The highest BCUT2D eigenvalue weighted by atomic mass is 32.2. The minimum atomic E-state index is -0.174. The first kappa shape index (κ1) is 22.6. The van der Waals surface area contributed by atoms with E-state index < -0.39 is 0 Å². The van der Waals surface area contributed by atoms with Crippen molar-refractivity contribution in [2.24, 2.45) is 0 Å². The standard InChI is InChI=1S/C24H31N5O2S/c1-3-4-5-6-7-8-13-25-21(30)14-19-16-32-24-27-22-20(23(31)28(19)24)15-26-29(22)18-11-9-17(2)10-12-18/h9-12,15,19H,3-8,13-14,16H2,1-2H3,(H,25,30). The van der Waals surface area contributed by atoms with Gasteiger partial charge in [0.25, 0.3) is 5.56 Å². The summed E-state index contributed by atoms with van der Waals surface area (Å²) in [6.07, 6.45) is 9.05. The van der Waals surface area contributed by atoms with Crippen LogP contribution >= 0.6 is 11.8 Å². The molecule has 3 aromatic rings. The zero-order valence-corrected chi connectivity index (χ0v) is 19.7. The summed E-state index contributed by atoms with van der Waals surface area (Å²) in [4.78, 5) is 30.4. The van der Waals surface area contributed by atoms with Crippen LogP contribution in [0.5, 0.6) is 0 Å². The van der Waals surface area contributed by atoms with E-state index >= 15 is 0 Å². The molecule has 1 atom stereocenters. The fourth-order valence-electron chi connectivity index (χ4n) is 4.08. The molecule has 3 heterocycles. The summed E-state index contributed by atoms with van der Waals surface area (Å²) in [7, 11) is 0. The minimum absolute atomic E-state index is 0.000597. The van der Waals surface area contributed by atoms with E-state index in [1.165, 1.54) is 37.4 Å². The van der Waals surface area contributed by atoms with E-state index in [1.807, 2.05) is 31.2 Å². The molecule has 1 amide bonds. The SMILES string of the molecule is CCCCCCCCNC(=O)CC1CSc2nc3c(cnn3-c3ccc(C)cc3)c(=O)n21. The predicted octanol–water partition coefficient (Wildman–Crippen LogP) is 4.40. The maximum absolute atomic E-state index is 13.2. The number of hydrogen-bond acceptors (Lipinski definition) is 5. The molecule has 0 bridgehead atoms. The summed E-state index contributed by atoms with van der Waals surface area (Å²) in [6, 6.07) is 7.79. The van der Waals surface area contributed by atoms with Crippen LogP contribution in [0.1, 0.15) is 63.5 Å². The number of fused-ring (bicyclic) bond motifs is 2. The van der Waals surface area contributed by atoms with E-state index in [-0.39, 0.29) is 17.5 Å². The average Bonchev–Trinajstić information content (AvgIpc) is 3.39. The van der Waals surface area contributed by atoms with Crippen molar-refractivity contribution in [2.75, 3.05) is 12.3 Å². The third kappa shape index (κ3) is 4.90. The van der Waals surface area contributed by atoms with Crippen LogP contribution in [-0.4, -0.2) is 37.5 Å². The number of nitrogens with zero attached hydrogens (tertiary/aromatic N) is 4. The van der Waals surface area contributed by atoms with E-state index in [2.05, 4.69) is 17.3 Å². The molecular weight excluding hydrogens is 422 g/mol. The summed E-state index contributed by atoms with van der Waals surface area (Å²) in [5.41, 5.74) is 2.47. The Bertz CT molecular complexity index is 1140. The topological polar surface area (TPSA) is 81.8 Å². The van der Waals surface area contributed by atoms with Crippen molar-refractivity contribution in [3.8, 4) is 5.69 Å². The van der Waals surface area contributed by atoms with Gasteiger partial charge < -0.3 is 5.32 Å². The lowest BCUT2D eigenvalue weighted by Crippen LogP contribution is -2.31. The van der Waals surface area contributed by atoms with E-state index in [0.717, 1.165) is 24.1 Å². The number of aryl methyl sites for hydroxylation is 1. The van der Waals surface area contributed by atoms with Crippen molar-refractivity contribution < 1.29 is 4.79 Å². The fourth-order valence-corrected chi connectivity index (χ4v) is 5.21. The van der Waals surface area contributed by atoms with Crippen molar-refractivity contribution in [1.29, 1.82) is 0 Å². The van der Waals surface area contributed by atoms with Crippen LogP contribution in [0.25, 0.3) is 16.7 Å². The number of unbranched alkanes of at least 4 members (excludes halogenated alkanes) is 5. The summed E-state index contributed by atoms with van der Waals surface area (Å²) in [5.74, 6) is 0.677. The van der Waals surface area contributed by atoms with Gasteiger partial charge in [0, 0.05) is 18.7 Å². The average molecular weight is 454 g/mol. The van der Waals surface area contributed by atoms with E-state index in [0.29, 0.717) is 34.9 Å². The van der Waals surface area contributed by atoms with Gasteiger partial charge in [-0.1, -0.05) is 68.5 Å². The molecule has 0 saturated heterocycles. The lowest BCUT2D eigenvalue weighted by molar-refractivity contribution is -0.121. The Morgan fingerprint density at radius 1 is 1.16 bits per heavy atom. The van der Waals surface area contributed by atoms with E-state index in [1.54, 1.807) is 15.4 Å². The van der Waals surface area contributed by atoms with Crippen LogP contribution in [-0.2, 0) is 4.79 Å². The van der Waals surface area contributed by atoms with Crippen molar-refractivity contribution in [3.63, 3.8) is 0 Å². The molecule has 0 fully saturated rings. The molecule has 1 unspecified atom stereocenters. The Labute approximate surface area is 192 Å². The fraction of sp³-hybridized carbons (Fsp3) is 0.500. The number of thioether (sulfide) groups is 1. The third-order valence-electron chi connectivity index (χ3n) is 5.92. The summed E-state index contributed by atoms with van der Waals surface area (Å²) in [6.45, 7) is 4.94. The number of rotatable bonds is 10. The summed E-state index contributed by atoms with van der Waals surface area (Å²) < 4.78 is 3.39. The van der Waals surface area contributed by atoms with E-state index in [4.69, 9.17) is 4.98 Å². The van der Waals surface area contributed by atoms with Gasteiger partial charge in [-0.3, -0.25) is 14.2 Å². The number of hydrogen-bond donors (Lipinski definition) is 1. The molecule has 0 spiro atoms. The maximum atomic E-state index is 13.2. The molecule has 8 heteroatoms. The Morgan fingerprint density at radius 2 is 1.91 bits per heavy atom. The van der Waals surface area contributed by atoms with Crippen LogP contribution in [0, 0.1) is 6.92 Å². The lowest BCUT2D eigenvalue weighted by atomic mass is 10.1. The maximum Gasteiger partial charge on any atom is 0.265 e. The molecule has 0 radical (unpaired) electrons. The smallest absolute Gasteiger partial charge is 0.265 e. The van der Waals surface area contributed by atoms with Crippen molar-refractivity contribution in [2.45, 2.75) is 70.0 Å². The molecule has 1 N–H and O–H groups in total. The molecule has 32 heavy (non-hydrogen) atoms. The molecule has 1 aromatic carbocycles. The normalized spacial score (nSPS) is 15.2. The third-order valence-corrected chi connectivity index (χ3v) is 7.02. The Morgan fingerprint density at radius 3 is 2.69 bits per heavy atom. The van der Waals surface area contributed by atoms with Gasteiger partial charge in [0.05, 0.1) is 17.9 Å². The largest absolute Gasteiger partial charge is 0.356 e. The number of carbonyl (C=O) groups is 1. The Balaban J connectivity index is 1.43. The molecule has 0 saturated carbocycles. The molecule has 1 aliphatic heterocycles. The highest BCUT2D eigenvalue weighted by molar-refractivity contribution is 7.99. The Kier molecular flexibility index (Phi) is 7.29. The van der Waals surface area contributed by atoms with Gasteiger partial charge in [-0.15, -0.1) is 0 Å². The molecule has 4 rings (SSSR count). The van der Waals surface area contributed by atoms with Gasteiger partial charge >= 0.3 is 0 Å².